The number of hydrogen-bond donors (Lipinski definition) is 0. The van der Waals surface area contributed by atoms with Crippen LogP contribution in [0.1, 0.15) is 0 Å². The Morgan fingerprint density at radius 2 is 1.04 bits per heavy atom. The Labute approximate surface area is 265 Å². The van der Waals surface area contributed by atoms with E-state index in [2.05, 4.69) is 121 Å². The first-order valence-corrected chi connectivity index (χ1v) is 16.6. The SMILES string of the molecule is c1ccc(-c2nc(-c3ccc4c(ccc5ccccc54)c3)nc(-c3cccc4ccc5nc(-c6ccccc6)[se]c5c34)n2)cc1. The van der Waals surface area contributed by atoms with Crippen molar-refractivity contribution in [2.75, 3.05) is 0 Å². The Bertz CT molecular complexity index is 2540. The number of benzene rings is 7. The molecule has 0 N–H and O–H groups in total. The van der Waals surface area contributed by atoms with Gasteiger partial charge < -0.3 is 0 Å². The van der Waals surface area contributed by atoms with E-state index in [4.69, 9.17) is 19.9 Å². The van der Waals surface area contributed by atoms with Crippen molar-refractivity contribution >= 4 is 56.6 Å². The van der Waals surface area contributed by atoms with E-state index in [0.717, 1.165) is 32.2 Å². The molecule has 0 spiro atoms. The van der Waals surface area contributed by atoms with Crippen molar-refractivity contribution in [2.45, 2.75) is 0 Å². The van der Waals surface area contributed by atoms with Crippen LogP contribution in [0.5, 0.6) is 0 Å². The Morgan fingerprint density at radius 1 is 0.400 bits per heavy atom. The Balaban J connectivity index is 1.28. The van der Waals surface area contributed by atoms with Crippen LogP contribution in [0, 0.1) is 0 Å². The summed E-state index contributed by atoms with van der Waals surface area (Å²) in [5.74, 6) is 1.98. The number of hydrogen-bond acceptors (Lipinski definition) is 4. The number of aromatic nitrogens is 4. The third-order valence-electron chi connectivity index (χ3n) is 8.33. The molecule has 9 aromatic rings. The zero-order valence-corrected chi connectivity index (χ0v) is 25.8. The Hall–Kier alpha value is -5.48. The predicted molar refractivity (Wildman–Crippen MR) is 186 cm³/mol. The normalized spacial score (nSPS) is 11.6. The van der Waals surface area contributed by atoms with E-state index in [0.29, 0.717) is 17.5 Å². The van der Waals surface area contributed by atoms with Crippen molar-refractivity contribution < 1.29 is 0 Å². The fraction of sp³-hybridized carbons (Fsp3) is 0. The molecule has 210 valence electrons. The molecular formula is C40H24N4Se. The number of fused-ring (bicyclic) bond motifs is 6. The van der Waals surface area contributed by atoms with Gasteiger partial charge in [0.05, 0.1) is 0 Å². The summed E-state index contributed by atoms with van der Waals surface area (Å²) in [5.41, 5.74) is 5.13. The van der Waals surface area contributed by atoms with Gasteiger partial charge in [-0.1, -0.05) is 18.2 Å². The van der Waals surface area contributed by atoms with Gasteiger partial charge in [0.1, 0.15) is 0 Å². The zero-order chi connectivity index (χ0) is 29.7. The second kappa shape index (κ2) is 10.6. The van der Waals surface area contributed by atoms with Gasteiger partial charge in [-0.05, 0) is 0 Å². The first kappa shape index (κ1) is 26.0. The average Bonchev–Trinajstić information content (AvgIpc) is 3.57. The van der Waals surface area contributed by atoms with E-state index < -0.39 is 0 Å². The molecule has 0 saturated carbocycles. The Kier molecular flexibility index (Phi) is 6.12. The van der Waals surface area contributed by atoms with Crippen LogP contribution in [0.4, 0.5) is 0 Å². The van der Waals surface area contributed by atoms with E-state index in [9.17, 15) is 0 Å². The molecule has 5 heteroatoms. The summed E-state index contributed by atoms with van der Waals surface area (Å²) >= 11 is 0.0472. The molecule has 0 radical (unpaired) electrons. The molecule has 0 aliphatic heterocycles. The van der Waals surface area contributed by atoms with Crippen LogP contribution in [0.25, 0.3) is 86.4 Å². The van der Waals surface area contributed by atoms with Gasteiger partial charge in [-0.2, -0.15) is 0 Å². The van der Waals surface area contributed by atoms with Crippen molar-refractivity contribution in [1.29, 1.82) is 0 Å². The van der Waals surface area contributed by atoms with E-state index in [1.54, 1.807) is 0 Å². The molecule has 0 aliphatic carbocycles. The van der Waals surface area contributed by atoms with Crippen molar-refractivity contribution in [2.24, 2.45) is 0 Å². The zero-order valence-electron chi connectivity index (χ0n) is 24.1. The molecule has 0 bridgehead atoms. The molecule has 45 heavy (non-hydrogen) atoms. The minimum atomic E-state index is 0.0472. The van der Waals surface area contributed by atoms with Crippen LogP contribution in [0.2, 0.25) is 0 Å². The standard InChI is InChI=1S/C40H24N4Se/c1-3-11-27(12-4-1)37-42-38(30-20-22-32-29(24-30)19-18-25-10-7-8-16-31(25)32)44-39(43-37)33-17-9-15-26-21-23-34-36(35(26)33)45-40(41-34)28-13-5-2-6-14-28/h1-24H. The van der Waals surface area contributed by atoms with Crippen molar-refractivity contribution in [3.63, 3.8) is 0 Å². The molecular weight excluding hydrogens is 615 g/mol. The molecule has 0 unspecified atom stereocenters. The summed E-state index contributed by atoms with van der Waals surface area (Å²) in [5, 5.41) is 7.19. The maximum absolute atomic E-state index is 5.17. The van der Waals surface area contributed by atoms with Crippen molar-refractivity contribution in [1.82, 2.24) is 19.9 Å². The van der Waals surface area contributed by atoms with Gasteiger partial charge in [-0.15, -0.1) is 0 Å². The topological polar surface area (TPSA) is 51.6 Å². The van der Waals surface area contributed by atoms with Crippen molar-refractivity contribution in [3.05, 3.63) is 146 Å². The van der Waals surface area contributed by atoms with Gasteiger partial charge >= 0.3 is 248 Å². The van der Waals surface area contributed by atoms with E-state index in [1.807, 2.05) is 24.3 Å². The van der Waals surface area contributed by atoms with Crippen LogP contribution in [-0.4, -0.2) is 34.4 Å². The molecule has 2 aromatic heterocycles. The quantitative estimate of drug-likeness (QED) is 0.142. The molecule has 0 aliphatic rings. The summed E-state index contributed by atoms with van der Waals surface area (Å²) in [7, 11) is 0. The van der Waals surface area contributed by atoms with E-state index >= 15 is 0 Å². The van der Waals surface area contributed by atoms with Crippen molar-refractivity contribution in [3.8, 4) is 44.3 Å². The van der Waals surface area contributed by atoms with Crippen LogP contribution in [-0.2, 0) is 0 Å². The molecule has 2 heterocycles. The van der Waals surface area contributed by atoms with Gasteiger partial charge in [-0.25, -0.2) is 0 Å². The monoisotopic (exact) mass is 640 g/mol. The molecule has 7 aromatic carbocycles. The molecule has 0 saturated heterocycles. The first-order valence-electron chi connectivity index (χ1n) is 14.9. The van der Waals surface area contributed by atoms with Crippen LogP contribution in [0.3, 0.4) is 0 Å². The number of rotatable bonds is 4. The molecule has 0 fully saturated rings. The third-order valence-corrected chi connectivity index (χ3v) is 10.7. The minimum absolute atomic E-state index is 0.0472. The summed E-state index contributed by atoms with van der Waals surface area (Å²) < 4.78 is 2.42. The predicted octanol–water partition coefficient (Wildman–Crippen LogP) is 9.60. The summed E-state index contributed by atoms with van der Waals surface area (Å²) in [6, 6.07) is 50.8. The fourth-order valence-corrected chi connectivity index (χ4v) is 8.53. The van der Waals surface area contributed by atoms with Crippen LogP contribution in [0.15, 0.2) is 146 Å². The first-order chi connectivity index (χ1) is 22.3. The second-order valence-electron chi connectivity index (χ2n) is 11.1. The fourth-order valence-electron chi connectivity index (χ4n) is 6.14. The second-order valence-corrected chi connectivity index (χ2v) is 13.2. The molecule has 4 nitrogen and oxygen atoms in total. The van der Waals surface area contributed by atoms with Gasteiger partial charge in [0.2, 0.25) is 0 Å². The third kappa shape index (κ3) is 4.53. The summed E-state index contributed by atoms with van der Waals surface area (Å²) in [6.07, 6.45) is 0. The van der Waals surface area contributed by atoms with Gasteiger partial charge in [0.25, 0.3) is 0 Å². The van der Waals surface area contributed by atoms with Gasteiger partial charge in [0.15, 0.2) is 0 Å². The van der Waals surface area contributed by atoms with Crippen LogP contribution < -0.4 is 0 Å². The summed E-state index contributed by atoms with van der Waals surface area (Å²) in [4.78, 5) is 20.4. The summed E-state index contributed by atoms with van der Waals surface area (Å²) in [6.45, 7) is 0. The van der Waals surface area contributed by atoms with Crippen LogP contribution >= 0.6 is 0 Å². The molecule has 0 atom stereocenters. The average molecular weight is 640 g/mol. The number of nitrogens with zero attached hydrogens (tertiary/aromatic N) is 4. The maximum atomic E-state index is 5.17. The molecule has 0 amide bonds. The van der Waals surface area contributed by atoms with Gasteiger partial charge in [-0.3, -0.25) is 0 Å². The van der Waals surface area contributed by atoms with E-state index in [-0.39, 0.29) is 14.5 Å². The Morgan fingerprint density at radius 3 is 1.89 bits per heavy atom. The molecule has 9 rings (SSSR count). The van der Waals surface area contributed by atoms with E-state index in [1.165, 1.54) is 36.8 Å². The van der Waals surface area contributed by atoms with Gasteiger partial charge in [0, 0.05) is 0 Å².